The summed E-state index contributed by atoms with van der Waals surface area (Å²) in [4.78, 5) is 35.6. The number of carbonyl (C=O) groups excluding carboxylic acids is 2. The van der Waals surface area contributed by atoms with Gasteiger partial charge in [0.25, 0.3) is 0 Å². The number of aromatic nitrogens is 2. The summed E-state index contributed by atoms with van der Waals surface area (Å²) >= 11 is 0. The quantitative estimate of drug-likeness (QED) is 0.398. The molecular formula is C32H41BN4O5. The van der Waals surface area contributed by atoms with Gasteiger partial charge < -0.3 is 24.3 Å². The van der Waals surface area contributed by atoms with Gasteiger partial charge in [-0.3, -0.25) is 9.69 Å². The Bertz CT molecular complexity index is 1520. The fourth-order valence-corrected chi connectivity index (χ4v) is 6.61. The molecule has 222 valence electrons. The molecule has 0 radical (unpaired) electrons. The predicted molar refractivity (Wildman–Crippen MR) is 162 cm³/mol. The van der Waals surface area contributed by atoms with Crippen molar-refractivity contribution in [2.45, 2.75) is 77.2 Å². The molecule has 2 aliphatic heterocycles. The number of fused-ring (bicyclic) bond motifs is 1. The number of imidazole rings is 1. The maximum absolute atomic E-state index is 13.0. The van der Waals surface area contributed by atoms with Crippen LogP contribution in [-0.2, 0) is 18.8 Å². The van der Waals surface area contributed by atoms with Crippen molar-refractivity contribution in [2.75, 3.05) is 20.2 Å². The zero-order valence-electron chi connectivity index (χ0n) is 25.6. The Labute approximate surface area is 247 Å². The summed E-state index contributed by atoms with van der Waals surface area (Å²) in [7, 11) is 0.932. The van der Waals surface area contributed by atoms with E-state index in [-0.39, 0.29) is 34.9 Å². The molecule has 3 aliphatic rings. The predicted octanol–water partition coefficient (Wildman–Crippen LogP) is 4.62. The summed E-state index contributed by atoms with van der Waals surface area (Å²) in [5.74, 6) is 0.704. The standard InChI is InChI=1S/C32H41BN4O5/c1-19(2)32(36-29(39)40-7)24(27(32)38)18-37-14-8-9-26(37)28-34-17-25(35-28)22-11-10-21-16-23(13-12-20(21)15-22)33-41-30(3,4)31(5,6)42-33/h10-13,15-17,19,24,26H,8-9,14,18H2,1-7H3,(H,34,35)(H,36,39)/t24?,26-,32-/m0/s1. The monoisotopic (exact) mass is 572 g/mol. The maximum atomic E-state index is 13.0. The number of benzene rings is 2. The Morgan fingerprint density at radius 1 is 1.14 bits per heavy atom. The number of hydrogen-bond acceptors (Lipinski definition) is 7. The van der Waals surface area contributed by atoms with Crippen LogP contribution in [-0.4, -0.2) is 70.8 Å². The van der Waals surface area contributed by atoms with E-state index in [0.29, 0.717) is 6.54 Å². The number of methoxy groups -OCH3 is 1. The lowest BCUT2D eigenvalue weighted by Crippen LogP contribution is -2.45. The van der Waals surface area contributed by atoms with Crippen molar-refractivity contribution in [2.24, 2.45) is 11.8 Å². The van der Waals surface area contributed by atoms with E-state index in [4.69, 9.17) is 19.0 Å². The van der Waals surface area contributed by atoms with Crippen molar-refractivity contribution >= 4 is 35.2 Å². The van der Waals surface area contributed by atoms with Gasteiger partial charge in [-0.1, -0.05) is 44.2 Å². The third-order valence-corrected chi connectivity index (χ3v) is 9.99. The van der Waals surface area contributed by atoms with Gasteiger partial charge in [0.15, 0.2) is 5.78 Å². The number of nitrogens with one attached hydrogen (secondary N) is 2. The number of ketones is 1. The molecule has 3 atom stereocenters. The molecule has 3 fully saturated rings. The summed E-state index contributed by atoms with van der Waals surface area (Å²) in [6.07, 6.45) is 3.33. The number of nitrogens with zero attached hydrogens (tertiary/aromatic N) is 2. The molecule has 1 amide bonds. The second-order valence-corrected chi connectivity index (χ2v) is 13.3. The van der Waals surface area contributed by atoms with Crippen LogP contribution in [0.2, 0.25) is 0 Å². The van der Waals surface area contributed by atoms with E-state index in [2.05, 4.69) is 79.3 Å². The lowest BCUT2D eigenvalue weighted by molar-refractivity contribution is -0.113. The molecule has 9 nitrogen and oxygen atoms in total. The van der Waals surface area contributed by atoms with Crippen molar-refractivity contribution in [3.63, 3.8) is 0 Å². The van der Waals surface area contributed by atoms with E-state index < -0.39 is 18.8 Å². The van der Waals surface area contributed by atoms with Gasteiger partial charge in [0.05, 0.1) is 42.2 Å². The van der Waals surface area contributed by atoms with Gasteiger partial charge >= 0.3 is 13.2 Å². The molecular weight excluding hydrogens is 531 g/mol. The second kappa shape index (κ2) is 10.2. The topological polar surface area (TPSA) is 106 Å². The van der Waals surface area contributed by atoms with Crippen LogP contribution in [0.15, 0.2) is 42.6 Å². The third-order valence-electron chi connectivity index (χ3n) is 9.99. The van der Waals surface area contributed by atoms with Crippen LogP contribution in [0.3, 0.4) is 0 Å². The maximum Gasteiger partial charge on any atom is 0.494 e. The molecule has 0 bridgehead atoms. The number of ether oxygens (including phenoxy) is 1. The number of Topliss-reactive ketones (excluding diaryl/α,β-unsaturated/α-hetero) is 1. The molecule has 3 heterocycles. The van der Waals surface area contributed by atoms with Crippen molar-refractivity contribution < 1.29 is 23.6 Å². The first kappa shape index (κ1) is 28.9. The van der Waals surface area contributed by atoms with Crippen LogP contribution in [0.25, 0.3) is 22.0 Å². The molecule has 10 heteroatoms. The highest BCUT2D eigenvalue weighted by molar-refractivity contribution is 6.62. The minimum atomic E-state index is -0.859. The zero-order valence-corrected chi connectivity index (χ0v) is 25.6. The largest absolute Gasteiger partial charge is 0.494 e. The van der Waals surface area contributed by atoms with Gasteiger partial charge in [0.2, 0.25) is 0 Å². The van der Waals surface area contributed by atoms with Gasteiger partial charge in [-0.15, -0.1) is 0 Å². The number of aromatic amines is 1. The van der Waals surface area contributed by atoms with Crippen molar-refractivity contribution in [1.29, 1.82) is 0 Å². The molecule has 2 aromatic carbocycles. The highest BCUT2D eigenvalue weighted by atomic mass is 16.7. The van der Waals surface area contributed by atoms with Crippen LogP contribution in [0.4, 0.5) is 4.79 Å². The first-order valence-corrected chi connectivity index (χ1v) is 15.0. The number of hydrogen-bond donors (Lipinski definition) is 2. The van der Waals surface area contributed by atoms with E-state index in [1.807, 2.05) is 20.0 Å². The molecule has 2 saturated heterocycles. The first-order valence-electron chi connectivity index (χ1n) is 15.0. The lowest BCUT2D eigenvalue weighted by atomic mass is 9.78. The molecule has 1 unspecified atom stereocenters. The third kappa shape index (κ3) is 4.73. The Morgan fingerprint density at radius 3 is 2.52 bits per heavy atom. The molecule has 6 rings (SSSR count). The van der Waals surface area contributed by atoms with E-state index in [9.17, 15) is 9.59 Å². The highest BCUT2D eigenvalue weighted by Crippen LogP contribution is 2.47. The Kier molecular flexibility index (Phi) is 7.02. The lowest BCUT2D eigenvalue weighted by Gasteiger charge is -2.32. The first-order chi connectivity index (χ1) is 19.9. The second-order valence-electron chi connectivity index (χ2n) is 13.3. The van der Waals surface area contributed by atoms with Crippen molar-refractivity contribution in [1.82, 2.24) is 20.2 Å². The molecule has 2 N–H and O–H groups in total. The van der Waals surface area contributed by atoms with Crippen molar-refractivity contribution in [3.8, 4) is 11.3 Å². The fraction of sp³-hybridized carbons (Fsp3) is 0.531. The minimum absolute atomic E-state index is 0.0220. The number of H-pyrrole nitrogens is 1. The minimum Gasteiger partial charge on any atom is -0.453 e. The van der Waals surface area contributed by atoms with Gasteiger partial charge in [0, 0.05) is 12.1 Å². The van der Waals surface area contributed by atoms with E-state index >= 15 is 0 Å². The average Bonchev–Trinajstić information content (AvgIpc) is 3.41. The molecule has 1 aromatic heterocycles. The Balaban J connectivity index is 1.17. The number of amides is 1. The van der Waals surface area contributed by atoms with Crippen LogP contribution in [0.1, 0.15) is 66.3 Å². The van der Waals surface area contributed by atoms with E-state index in [0.717, 1.165) is 52.7 Å². The van der Waals surface area contributed by atoms with Crippen LogP contribution in [0, 0.1) is 11.8 Å². The molecule has 0 spiro atoms. The molecule has 1 saturated carbocycles. The number of carbonyl (C=O) groups is 2. The average molecular weight is 573 g/mol. The number of likely N-dealkylation sites (tertiary alicyclic amines) is 1. The SMILES string of the molecule is COC(=O)N[C@]1(C(C)C)C(=O)C1CN1CCC[C@H]1c1ncc(-c2ccc3cc(B4OC(C)(C)C(C)(C)O4)ccc3c2)[nH]1. The Morgan fingerprint density at radius 2 is 1.83 bits per heavy atom. The summed E-state index contributed by atoms with van der Waals surface area (Å²) in [5.41, 5.74) is 1.41. The van der Waals surface area contributed by atoms with E-state index in [1.54, 1.807) is 0 Å². The number of rotatable bonds is 7. The summed E-state index contributed by atoms with van der Waals surface area (Å²) in [6, 6.07) is 12.8. The van der Waals surface area contributed by atoms with Crippen LogP contribution < -0.4 is 10.8 Å². The highest BCUT2D eigenvalue weighted by Gasteiger charge is 2.68. The molecule has 3 aromatic rings. The number of alkyl carbamates (subject to hydrolysis) is 1. The summed E-state index contributed by atoms with van der Waals surface area (Å²) in [6.45, 7) is 13.7. The molecule has 1 aliphatic carbocycles. The fourth-order valence-electron chi connectivity index (χ4n) is 6.61. The zero-order chi connectivity index (χ0) is 30.0. The van der Waals surface area contributed by atoms with Crippen LogP contribution >= 0.6 is 0 Å². The van der Waals surface area contributed by atoms with Crippen molar-refractivity contribution in [3.05, 3.63) is 48.4 Å². The summed E-state index contributed by atoms with van der Waals surface area (Å²) < 4.78 is 17.3. The molecule has 42 heavy (non-hydrogen) atoms. The van der Waals surface area contributed by atoms with Crippen LogP contribution in [0.5, 0.6) is 0 Å². The summed E-state index contributed by atoms with van der Waals surface area (Å²) in [5, 5.41) is 5.08. The smallest absolute Gasteiger partial charge is 0.453 e. The van der Waals surface area contributed by atoms with Gasteiger partial charge in [0.1, 0.15) is 11.4 Å². The normalized spacial score (nSPS) is 26.8. The van der Waals surface area contributed by atoms with Gasteiger partial charge in [-0.25, -0.2) is 9.78 Å². The van der Waals surface area contributed by atoms with Gasteiger partial charge in [-0.05, 0) is 75.3 Å². The van der Waals surface area contributed by atoms with Gasteiger partial charge in [-0.2, -0.15) is 0 Å². The van der Waals surface area contributed by atoms with E-state index in [1.165, 1.54) is 7.11 Å². The Hall–Kier alpha value is -3.21.